The van der Waals surface area contributed by atoms with Gasteiger partial charge in [0, 0.05) is 36.5 Å². The lowest BCUT2D eigenvalue weighted by Crippen LogP contribution is -2.18. The van der Waals surface area contributed by atoms with Crippen molar-refractivity contribution >= 4 is 5.69 Å². The fourth-order valence-electron chi connectivity index (χ4n) is 2.03. The number of hydrogen-bond acceptors (Lipinski definition) is 5. The first-order valence-corrected chi connectivity index (χ1v) is 6.57. The maximum absolute atomic E-state index is 10.8. The predicted octanol–water partition coefficient (Wildman–Crippen LogP) is 2.85. The fraction of sp³-hybridized carbons (Fsp3) is 0.267. The third kappa shape index (κ3) is 3.76. The van der Waals surface area contributed by atoms with Gasteiger partial charge in [0.05, 0.1) is 12.0 Å². The minimum absolute atomic E-state index is 0.0187. The molecule has 0 fully saturated rings. The Morgan fingerprint density at radius 3 is 2.90 bits per heavy atom. The van der Waals surface area contributed by atoms with Gasteiger partial charge in [-0.05, 0) is 18.6 Å². The summed E-state index contributed by atoms with van der Waals surface area (Å²) in [7, 11) is 1.58. The van der Waals surface area contributed by atoms with E-state index >= 15 is 0 Å². The molecule has 6 heteroatoms. The lowest BCUT2D eigenvalue weighted by Gasteiger charge is -2.15. The van der Waals surface area contributed by atoms with Gasteiger partial charge in [-0.3, -0.25) is 10.1 Å². The molecule has 2 aromatic rings. The minimum Gasteiger partial charge on any atom is -0.481 e. The first-order chi connectivity index (χ1) is 10.1. The summed E-state index contributed by atoms with van der Waals surface area (Å²) >= 11 is 0. The lowest BCUT2D eigenvalue weighted by atomic mass is 10.1. The number of hydrogen-bond donors (Lipinski definition) is 1. The zero-order valence-electron chi connectivity index (χ0n) is 11.9. The summed E-state index contributed by atoms with van der Waals surface area (Å²) in [4.78, 5) is 14.5. The molecule has 21 heavy (non-hydrogen) atoms. The highest BCUT2D eigenvalue weighted by Crippen LogP contribution is 2.20. The minimum atomic E-state index is -0.389. The zero-order chi connectivity index (χ0) is 15.2. The van der Waals surface area contributed by atoms with E-state index in [4.69, 9.17) is 4.74 Å². The van der Waals surface area contributed by atoms with E-state index in [9.17, 15) is 10.1 Å². The standard InChI is InChI=1S/C15H17N3O3/c1-11(12-5-3-7-14(9-12)18(19)20)17-10-13-6-4-8-16-15(13)21-2/h3-9,11,17H,10H2,1-2H3. The van der Waals surface area contributed by atoms with Crippen LogP contribution in [0.2, 0.25) is 0 Å². The second-order valence-corrected chi connectivity index (χ2v) is 4.63. The van der Waals surface area contributed by atoms with E-state index in [-0.39, 0.29) is 16.7 Å². The van der Waals surface area contributed by atoms with Gasteiger partial charge in [0.2, 0.25) is 5.88 Å². The molecule has 0 radical (unpaired) electrons. The Kier molecular flexibility index (Phi) is 4.84. The number of ether oxygens (including phenoxy) is 1. The van der Waals surface area contributed by atoms with Crippen LogP contribution in [0, 0.1) is 10.1 Å². The number of aromatic nitrogens is 1. The van der Waals surface area contributed by atoms with E-state index in [1.54, 1.807) is 25.4 Å². The van der Waals surface area contributed by atoms with Crippen LogP contribution in [0.1, 0.15) is 24.1 Å². The number of benzene rings is 1. The number of methoxy groups -OCH3 is 1. The summed E-state index contributed by atoms with van der Waals surface area (Å²) in [6.07, 6.45) is 1.67. The molecular weight excluding hydrogens is 270 g/mol. The largest absolute Gasteiger partial charge is 0.481 e. The van der Waals surface area contributed by atoms with Gasteiger partial charge in [0.25, 0.3) is 5.69 Å². The van der Waals surface area contributed by atoms with E-state index in [0.717, 1.165) is 11.1 Å². The molecule has 1 heterocycles. The van der Waals surface area contributed by atoms with Gasteiger partial charge in [-0.25, -0.2) is 4.98 Å². The molecule has 2 rings (SSSR count). The first kappa shape index (κ1) is 14.9. The van der Waals surface area contributed by atoms with Gasteiger partial charge in [-0.1, -0.05) is 18.2 Å². The van der Waals surface area contributed by atoms with Crippen LogP contribution in [0.25, 0.3) is 0 Å². The molecule has 110 valence electrons. The van der Waals surface area contributed by atoms with Crippen molar-refractivity contribution in [1.29, 1.82) is 0 Å². The normalized spacial score (nSPS) is 11.9. The number of rotatable bonds is 6. The van der Waals surface area contributed by atoms with Gasteiger partial charge >= 0.3 is 0 Å². The van der Waals surface area contributed by atoms with Crippen LogP contribution in [0.4, 0.5) is 5.69 Å². The van der Waals surface area contributed by atoms with Gasteiger partial charge in [-0.2, -0.15) is 0 Å². The van der Waals surface area contributed by atoms with Crippen molar-refractivity contribution in [3.63, 3.8) is 0 Å². The van der Waals surface area contributed by atoms with Crippen LogP contribution < -0.4 is 10.1 Å². The van der Waals surface area contributed by atoms with Crippen molar-refractivity contribution in [3.8, 4) is 5.88 Å². The number of pyridine rings is 1. The molecule has 0 saturated carbocycles. The fourth-order valence-corrected chi connectivity index (χ4v) is 2.03. The summed E-state index contributed by atoms with van der Waals surface area (Å²) in [5.74, 6) is 0.580. The number of nitrogens with zero attached hydrogens (tertiary/aromatic N) is 2. The second kappa shape index (κ2) is 6.81. The third-order valence-corrected chi connectivity index (χ3v) is 3.22. The average molecular weight is 287 g/mol. The molecule has 0 amide bonds. The van der Waals surface area contributed by atoms with Gasteiger partial charge in [0.15, 0.2) is 0 Å². The summed E-state index contributed by atoms with van der Waals surface area (Å²) in [5.41, 5.74) is 1.91. The van der Waals surface area contributed by atoms with Crippen molar-refractivity contribution in [2.75, 3.05) is 7.11 Å². The predicted molar refractivity (Wildman–Crippen MR) is 79.1 cm³/mol. The van der Waals surface area contributed by atoms with E-state index in [1.165, 1.54) is 6.07 Å². The molecular formula is C15H17N3O3. The molecule has 0 aliphatic rings. The second-order valence-electron chi connectivity index (χ2n) is 4.63. The Hall–Kier alpha value is -2.47. The van der Waals surface area contributed by atoms with Crippen LogP contribution in [-0.2, 0) is 6.54 Å². The topological polar surface area (TPSA) is 77.3 Å². The van der Waals surface area contributed by atoms with E-state index in [0.29, 0.717) is 12.4 Å². The van der Waals surface area contributed by atoms with Gasteiger partial charge < -0.3 is 10.1 Å². The molecule has 1 aromatic heterocycles. The van der Waals surface area contributed by atoms with Crippen LogP contribution in [0.3, 0.4) is 0 Å². The quantitative estimate of drug-likeness (QED) is 0.653. The maximum atomic E-state index is 10.8. The Morgan fingerprint density at radius 1 is 1.38 bits per heavy atom. The Labute approximate surface area is 122 Å². The first-order valence-electron chi connectivity index (χ1n) is 6.57. The third-order valence-electron chi connectivity index (χ3n) is 3.22. The molecule has 0 aliphatic carbocycles. The Bertz CT molecular complexity index is 631. The van der Waals surface area contributed by atoms with Gasteiger partial charge in [0.1, 0.15) is 0 Å². The van der Waals surface area contributed by atoms with E-state index < -0.39 is 0 Å². The molecule has 1 aromatic carbocycles. The van der Waals surface area contributed by atoms with E-state index in [2.05, 4.69) is 10.3 Å². The lowest BCUT2D eigenvalue weighted by molar-refractivity contribution is -0.384. The molecule has 0 saturated heterocycles. The van der Waals surface area contributed by atoms with Crippen molar-refractivity contribution < 1.29 is 9.66 Å². The van der Waals surface area contributed by atoms with Crippen molar-refractivity contribution in [1.82, 2.24) is 10.3 Å². The molecule has 1 N–H and O–H groups in total. The van der Waals surface area contributed by atoms with Gasteiger partial charge in [-0.15, -0.1) is 0 Å². The number of nitro groups is 1. The molecule has 0 aliphatic heterocycles. The van der Waals surface area contributed by atoms with Crippen LogP contribution in [-0.4, -0.2) is 17.0 Å². The zero-order valence-corrected chi connectivity index (χ0v) is 11.9. The molecule has 1 atom stereocenters. The summed E-state index contributed by atoms with van der Waals surface area (Å²) in [6.45, 7) is 2.53. The maximum Gasteiger partial charge on any atom is 0.269 e. The summed E-state index contributed by atoms with van der Waals surface area (Å²) < 4.78 is 5.19. The molecule has 1 unspecified atom stereocenters. The van der Waals surface area contributed by atoms with Crippen molar-refractivity contribution in [2.45, 2.75) is 19.5 Å². The number of non-ortho nitro benzene ring substituents is 1. The SMILES string of the molecule is COc1ncccc1CNC(C)c1cccc([N+](=O)[O-])c1. The Balaban J connectivity index is 2.06. The average Bonchev–Trinajstić information content (AvgIpc) is 2.52. The van der Waals surface area contributed by atoms with Crippen LogP contribution in [0.5, 0.6) is 5.88 Å². The number of nitrogens with one attached hydrogen (secondary N) is 1. The van der Waals surface area contributed by atoms with Crippen LogP contribution >= 0.6 is 0 Å². The van der Waals surface area contributed by atoms with E-state index in [1.807, 2.05) is 25.1 Å². The van der Waals surface area contributed by atoms with Crippen molar-refractivity contribution in [2.24, 2.45) is 0 Å². The number of nitro benzene ring substituents is 1. The summed E-state index contributed by atoms with van der Waals surface area (Å²) in [5, 5.41) is 14.1. The van der Waals surface area contributed by atoms with Crippen LogP contribution in [0.15, 0.2) is 42.6 Å². The smallest absolute Gasteiger partial charge is 0.269 e. The highest BCUT2D eigenvalue weighted by Gasteiger charge is 2.11. The monoisotopic (exact) mass is 287 g/mol. The molecule has 0 spiro atoms. The highest BCUT2D eigenvalue weighted by molar-refractivity contribution is 5.35. The van der Waals surface area contributed by atoms with Crippen molar-refractivity contribution in [3.05, 3.63) is 63.8 Å². The summed E-state index contributed by atoms with van der Waals surface area (Å²) in [6, 6.07) is 10.4. The molecule has 0 bridgehead atoms. The molecule has 6 nitrogen and oxygen atoms in total. The Morgan fingerprint density at radius 2 is 2.19 bits per heavy atom. The highest BCUT2D eigenvalue weighted by atomic mass is 16.6.